The van der Waals surface area contributed by atoms with Gasteiger partial charge in [-0.3, -0.25) is 14.8 Å². The Morgan fingerprint density at radius 1 is 1.00 bits per heavy atom. The van der Waals surface area contributed by atoms with Crippen molar-refractivity contribution in [3.8, 4) is 11.4 Å². The van der Waals surface area contributed by atoms with E-state index in [0.29, 0.717) is 17.4 Å². The Kier molecular flexibility index (Phi) is 5.50. The molecule has 7 nitrogen and oxygen atoms in total. The Balaban J connectivity index is 1.30. The zero-order valence-electron chi connectivity index (χ0n) is 19.4. The van der Waals surface area contributed by atoms with Crippen molar-refractivity contribution >= 4 is 11.6 Å². The molecule has 4 aromatic rings. The normalized spacial score (nSPS) is 14.0. The number of benzene rings is 2. The second-order valence-electron chi connectivity index (χ2n) is 9.77. The van der Waals surface area contributed by atoms with Crippen molar-refractivity contribution < 1.29 is 0 Å². The number of fused-ring (bicyclic) bond motifs is 2. The fourth-order valence-corrected chi connectivity index (χ4v) is 4.34. The van der Waals surface area contributed by atoms with E-state index in [2.05, 4.69) is 77.5 Å². The number of aromatic nitrogens is 4. The first-order valence-electron chi connectivity index (χ1n) is 11.5. The lowest BCUT2D eigenvalue weighted by atomic mass is 9.87. The Labute approximate surface area is 193 Å². The van der Waals surface area contributed by atoms with Gasteiger partial charge in [0.25, 0.3) is 5.56 Å². The molecule has 0 fully saturated rings. The fraction of sp³-hybridized carbons (Fsp3) is 0.346. The largest absolute Gasteiger partial charge is 0.354 e. The van der Waals surface area contributed by atoms with E-state index in [0.717, 1.165) is 38.2 Å². The van der Waals surface area contributed by atoms with Crippen LogP contribution in [0, 0.1) is 0 Å². The molecule has 170 valence electrons. The summed E-state index contributed by atoms with van der Waals surface area (Å²) in [5, 5.41) is 6.20. The van der Waals surface area contributed by atoms with E-state index < -0.39 is 0 Å². The van der Waals surface area contributed by atoms with Crippen LogP contribution in [0.4, 0.5) is 5.95 Å². The maximum Gasteiger partial charge on any atom is 0.266 e. The van der Waals surface area contributed by atoms with Crippen LogP contribution in [0.2, 0.25) is 0 Å². The number of H-pyrrole nitrogens is 1. The molecule has 2 aromatic heterocycles. The van der Waals surface area contributed by atoms with E-state index in [1.165, 1.54) is 22.8 Å². The molecule has 2 aromatic carbocycles. The highest BCUT2D eigenvalue weighted by atomic mass is 16.1. The molecule has 3 heterocycles. The maximum atomic E-state index is 12.0. The molecule has 33 heavy (non-hydrogen) atoms. The molecule has 0 spiro atoms. The van der Waals surface area contributed by atoms with Crippen molar-refractivity contribution in [2.75, 3.05) is 18.4 Å². The van der Waals surface area contributed by atoms with Gasteiger partial charge in [0.05, 0.1) is 0 Å². The van der Waals surface area contributed by atoms with Crippen molar-refractivity contribution in [2.24, 2.45) is 0 Å². The molecule has 2 N–H and O–H groups in total. The second kappa shape index (κ2) is 8.48. The highest BCUT2D eigenvalue weighted by Gasteiger charge is 2.18. The highest BCUT2D eigenvalue weighted by molar-refractivity contribution is 5.60. The average Bonchev–Trinajstić information content (AvgIpc) is 3.38. The maximum absolute atomic E-state index is 12.0. The summed E-state index contributed by atoms with van der Waals surface area (Å²) < 4.78 is 1.63. The molecule has 0 radical (unpaired) electrons. The summed E-state index contributed by atoms with van der Waals surface area (Å²) in [4.78, 5) is 23.8. The summed E-state index contributed by atoms with van der Waals surface area (Å²) in [6.07, 6.45) is 0.973. The quantitative estimate of drug-likeness (QED) is 0.438. The zero-order valence-corrected chi connectivity index (χ0v) is 19.4. The van der Waals surface area contributed by atoms with Gasteiger partial charge in [-0.05, 0) is 28.5 Å². The van der Waals surface area contributed by atoms with Gasteiger partial charge in [0.2, 0.25) is 5.95 Å². The van der Waals surface area contributed by atoms with Crippen molar-refractivity contribution in [1.29, 1.82) is 0 Å². The summed E-state index contributed by atoms with van der Waals surface area (Å²) in [5.74, 6) is 1.20. The lowest BCUT2D eigenvalue weighted by molar-refractivity contribution is 0.283. The number of aromatic amines is 1. The lowest BCUT2D eigenvalue weighted by Crippen LogP contribution is -2.21. The van der Waals surface area contributed by atoms with Crippen molar-refractivity contribution in [3.63, 3.8) is 0 Å². The van der Waals surface area contributed by atoms with Crippen LogP contribution in [-0.2, 0) is 18.5 Å². The number of anilines is 1. The SMILES string of the molecule is CC(C)(C)c1ccc(-c2nc(NCCCN3Cc4ccccc4C3)n3[nH]c(=O)cc3n2)cc1. The Bertz CT molecular complexity index is 1300. The zero-order chi connectivity index (χ0) is 23.0. The number of hydrogen-bond donors (Lipinski definition) is 2. The predicted molar refractivity (Wildman–Crippen MR) is 131 cm³/mol. The van der Waals surface area contributed by atoms with Crippen LogP contribution in [0.3, 0.4) is 0 Å². The number of hydrogen-bond acceptors (Lipinski definition) is 5. The first-order chi connectivity index (χ1) is 15.9. The van der Waals surface area contributed by atoms with E-state index in [9.17, 15) is 4.79 Å². The van der Waals surface area contributed by atoms with Gasteiger partial charge in [-0.25, -0.2) is 9.50 Å². The minimum Gasteiger partial charge on any atom is -0.354 e. The summed E-state index contributed by atoms with van der Waals surface area (Å²) in [6.45, 7) is 10.3. The molecule has 0 aliphatic carbocycles. The molecule has 0 atom stereocenters. The molecule has 0 amide bonds. The molecule has 7 heteroatoms. The minimum absolute atomic E-state index is 0.0840. The van der Waals surface area contributed by atoms with E-state index in [1.807, 2.05) is 12.1 Å². The molecule has 0 saturated carbocycles. The van der Waals surface area contributed by atoms with Gasteiger partial charge in [-0.15, -0.1) is 0 Å². The molecular weight excluding hydrogens is 412 g/mol. The molecule has 0 bridgehead atoms. The van der Waals surface area contributed by atoms with E-state index in [1.54, 1.807) is 4.52 Å². The van der Waals surface area contributed by atoms with Gasteiger partial charge >= 0.3 is 0 Å². The standard InChI is InChI=1S/C26H30N6O/c1-26(2,3)21-11-9-18(10-12-21)24-28-22-15-23(33)30-32(22)25(29-24)27-13-6-14-31-16-19-7-4-5-8-20(19)17-31/h4-5,7-12,15H,6,13-14,16-17H2,1-3H3,(H,30,33)(H,27,28,29). The molecular formula is C26H30N6O. The monoisotopic (exact) mass is 442 g/mol. The van der Waals surface area contributed by atoms with E-state index >= 15 is 0 Å². The van der Waals surface area contributed by atoms with E-state index in [4.69, 9.17) is 4.98 Å². The first kappa shape index (κ1) is 21.4. The van der Waals surface area contributed by atoms with Crippen LogP contribution in [0.25, 0.3) is 17.0 Å². The predicted octanol–water partition coefficient (Wildman–Crippen LogP) is 4.20. The Morgan fingerprint density at radius 2 is 1.70 bits per heavy atom. The highest BCUT2D eigenvalue weighted by Crippen LogP contribution is 2.26. The summed E-state index contributed by atoms with van der Waals surface area (Å²) >= 11 is 0. The van der Waals surface area contributed by atoms with E-state index in [-0.39, 0.29) is 11.0 Å². The van der Waals surface area contributed by atoms with Crippen LogP contribution >= 0.6 is 0 Å². The third-order valence-corrected chi connectivity index (χ3v) is 6.20. The van der Waals surface area contributed by atoms with Gasteiger partial charge in [0.15, 0.2) is 11.5 Å². The fourth-order valence-electron chi connectivity index (χ4n) is 4.34. The molecule has 0 saturated heterocycles. The first-order valence-corrected chi connectivity index (χ1v) is 11.5. The third-order valence-electron chi connectivity index (χ3n) is 6.20. The van der Waals surface area contributed by atoms with Crippen molar-refractivity contribution in [2.45, 2.75) is 45.7 Å². The topological polar surface area (TPSA) is 78.3 Å². The Hall–Kier alpha value is -3.45. The van der Waals surface area contributed by atoms with Crippen LogP contribution in [0.5, 0.6) is 0 Å². The smallest absolute Gasteiger partial charge is 0.266 e. The van der Waals surface area contributed by atoms with Gasteiger partial charge in [-0.1, -0.05) is 69.3 Å². The molecule has 5 rings (SSSR count). The average molecular weight is 443 g/mol. The summed E-state index contributed by atoms with van der Waals surface area (Å²) in [6, 6.07) is 18.5. The number of nitrogens with zero attached hydrogens (tertiary/aromatic N) is 4. The van der Waals surface area contributed by atoms with Gasteiger partial charge in [0, 0.05) is 37.8 Å². The minimum atomic E-state index is -0.192. The summed E-state index contributed by atoms with van der Waals surface area (Å²) in [5.41, 5.74) is 5.49. The lowest BCUT2D eigenvalue weighted by Gasteiger charge is -2.19. The Morgan fingerprint density at radius 3 is 2.36 bits per heavy atom. The second-order valence-corrected chi connectivity index (χ2v) is 9.77. The molecule has 1 aliphatic rings. The van der Waals surface area contributed by atoms with Gasteiger partial charge in [0.1, 0.15) is 0 Å². The van der Waals surface area contributed by atoms with Gasteiger partial charge < -0.3 is 5.32 Å². The van der Waals surface area contributed by atoms with Crippen LogP contribution < -0.4 is 10.9 Å². The van der Waals surface area contributed by atoms with Gasteiger partial charge in [-0.2, -0.15) is 4.98 Å². The summed E-state index contributed by atoms with van der Waals surface area (Å²) in [7, 11) is 0. The number of rotatable bonds is 6. The molecule has 1 aliphatic heterocycles. The van der Waals surface area contributed by atoms with Crippen LogP contribution in [-0.4, -0.2) is 37.6 Å². The number of nitrogens with one attached hydrogen (secondary N) is 2. The van der Waals surface area contributed by atoms with Crippen LogP contribution in [0.1, 0.15) is 43.9 Å². The van der Waals surface area contributed by atoms with Crippen molar-refractivity contribution in [1.82, 2.24) is 24.5 Å². The molecule has 0 unspecified atom stereocenters. The third kappa shape index (κ3) is 4.54. The van der Waals surface area contributed by atoms with Crippen LogP contribution in [0.15, 0.2) is 59.4 Å². The van der Waals surface area contributed by atoms with Crippen molar-refractivity contribution in [3.05, 3.63) is 81.6 Å².